The lowest BCUT2D eigenvalue weighted by Crippen LogP contribution is -2.09. The number of fused-ring (bicyclic) bond motifs is 1. The van der Waals surface area contributed by atoms with Crippen LogP contribution in [0.3, 0.4) is 0 Å². The van der Waals surface area contributed by atoms with Gasteiger partial charge in [-0.05, 0) is 42.5 Å². The van der Waals surface area contributed by atoms with E-state index in [0.29, 0.717) is 34.1 Å². The molecule has 1 aliphatic heterocycles. The summed E-state index contributed by atoms with van der Waals surface area (Å²) in [5, 5.41) is 0. The van der Waals surface area contributed by atoms with Crippen molar-refractivity contribution in [3.8, 4) is 28.7 Å². The lowest BCUT2D eigenvalue weighted by Gasteiger charge is -2.10. The number of para-hydroxylation sites is 1. The van der Waals surface area contributed by atoms with Gasteiger partial charge in [-0.25, -0.2) is 4.79 Å². The van der Waals surface area contributed by atoms with Crippen LogP contribution in [0.5, 0.6) is 28.7 Å². The lowest BCUT2D eigenvalue weighted by molar-refractivity contribution is 0.0734. The Morgan fingerprint density at radius 2 is 1.59 bits per heavy atom. The third-order valence-corrected chi connectivity index (χ3v) is 4.90. The molecule has 4 rings (SSSR count). The minimum absolute atomic E-state index is 0.160. The van der Waals surface area contributed by atoms with Crippen molar-refractivity contribution in [3.63, 3.8) is 0 Å². The molecule has 1 aliphatic rings. The highest BCUT2D eigenvalue weighted by molar-refractivity contribution is 6.14. The van der Waals surface area contributed by atoms with Gasteiger partial charge in [-0.3, -0.25) is 4.79 Å². The zero-order chi connectivity index (χ0) is 22.7. The Balaban J connectivity index is 1.55. The number of ether oxygens (including phenoxy) is 5. The summed E-state index contributed by atoms with van der Waals surface area (Å²) in [4.78, 5) is 25.3. The fourth-order valence-corrected chi connectivity index (χ4v) is 3.29. The number of benzene rings is 3. The van der Waals surface area contributed by atoms with Crippen molar-refractivity contribution in [1.29, 1.82) is 0 Å². The van der Waals surface area contributed by atoms with E-state index in [1.807, 2.05) is 18.2 Å². The van der Waals surface area contributed by atoms with Gasteiger partial charge in [0.2, 0.25) is 5.78 Å². The predicted octanol–water partition coefficient (Wildman–Crippen LogP) is 4.55. The Hall–Kier alpha value is -4.26. The molecular formula is C25H20O7. The standard InChI is InChI=1S/C25H20O7/c1-28-19-7-5-4-6-15(19)12-23-24(26)18-10-9-17(14-21(18)32-23)31-25(27)16-8-11-20(29-2)22(13-16)30-3/h4-14H,1-3H3/b23-12-. The van der Waals surface area contributed by atoms with Crippen molar-refractivity contribution < 1.29 is 33.3 Å². The first-order valence-electron chi connectivity index (χ1n) is 9.69. The topological polar surface area (TPSA) is 80.3 Å². The van der Waals surface area contributed by atoms with Crippen LogP contribution in [-0.2, 0) is 0 Å². The van der Waals surface area contributed by atoms with Crippen molar-refractivity contribution in [2.45, 2.75) is 0 Å². The second kappa shape index (κ2) is 8.85. The monoisotopic (exact) mass is 432 g/mol. The zero-order valence-electron chi connectivity index (χ0n) is 17.7. The first-order valence-corrected chi connectivity index (χ1v) is 9.69. The third kappa shape index (κ3) is 4.00. The van der Waals surface area contributed by atoms with Gasteiger partial charge in [0.05, 0.1) is 32.5 Å². The molecule has 0 aliphatic carbocycles. The average Bonchev–Trinajstić information content (AvgIpc) is 3.13. The predicted molar refractivity (Wildman–Crippen MR) is 117 cm³/mol. The summed E-state index contributed by atoms with van der Waals surface area (Å²) in [7, 11) is 4.55. The van der Waals surface area contributed by atoms with Gasteiger partial charge in [-0.1, -0.05) is 18.2 Å². The van der Waals surface area contributed by atoms with Crippen LogP contribution in [-0.4, -0.2) is 33.1 Å². The Labute approximate surface area is 184 Å². The Morgan fingerprint density at radius 1 is 0.844 bits per heavy atom. The number of carbonyl (C=O) groups excluding carboxylic acids is 2. The molecule has 0 radical (unpaired) electrons. The molecule has 0 unspecified atom stereocenters. The van der Waals surface area contributed by atoms with Gasteiger partial charge >= 0.3 is 5.97 Å². The average molecular weight is 432 g/mol. The van der Waals surface area contributed by atoms with Gasteiger partial charge in [-0.2, -0.15) is 0 Å². The van der Waals surface area contributed by atoms with Gasteiger partial charge in [0.25, 0.3) is 0 Å². The van der Waals surface area contributed by atoms with Crippen LogP contribution in [0.4, 0.5) is 0 Å². The zero-order valence-corrected chi connectivity index (χ0v) is 17.7. The summed E-state index contributed by atoms with van der Waals surface area (Å²) in [6, 6.07) is 16.6. The minimum Gasteiger partial charge on any atom is -0.496 e. The van der Waals surface area contributed by atoms with E-state index in [4.69, 9.17) is 23.7 Å². The van der Waals surface area contributed by atoms with E-state index in [1.54, 1.807) is 43.5 Å². The minimum atomic E-state index is -0.583. The highest BCUT2D eigenvalue weighted by Crippen LogP contribution is 2.36. The number of Topliss-reactive ketones (excluding diaryl/α,β-unsaturated/α-hetero) is 1. The molecule has 1 heterocycles. The van der Waals surface area contributed by atoms with Gasteiger partial charge in [-0.15, -0.1) is 0 Å². The van der Waals surface area contributed by atoms with E-state index in [9.17, 15) is 9.59 Å². The van der Waals surface area contributed by atoms with Crippen LogP contribution in [0.15, 0.2) is 66.4 Å². The summed E-state index contributed by atoms with van der Waals surface area (Å²) in [6.07, 6.45) is 1.62. The van der Waals surface area contributed by atoms with Crippen LogP contribution in [0.2, 0.25) is 0 Å². The maximum atomic E-state index is 12.7. The number of hydrogen-bond acceptors (Lipinski definition) is 7. The van der Waals surface area contributed by atoms with Crippen LogP contribution < -0.4 is 23.7 Å². The Bertz CT molecular complexity index is 1230. The van der Waals surface area contributed by atoms with E-state index >= 15 is 0 Å². The number of allylic oxidation sites excluding steroid dienone is 1. The molecule has 3 aromatic rings. The van der Waals surface area contributed by atoms with Crippen molar-refractivity contribution in [2.24, 2.45) is 0 Å². The van der Waals surface area contributed by atoms with Crippen LogP contribution in [0, 0.1) is 0 Å². The number of esters is 1. The molecule has 7 heteroatoms. The molecule has 0 N–H and O–H groups in total. The molecule has 0 bridgehead atoms. The fraction of sp³-hybridized carbons (Fsp3) is 0.120. The summed E-state index contributed by atoms with van der Waals surface area (Å²) in [6.45, 7) is 0. The molecule has 162 valence electrons. The summed E-state index contributed by atoms with van der Waals surface area (Å²) in [5.41, 5.74) is 1.39. The first kappa shape index (κ1) is 21.0. The second-order valence-corrected chi connectivity index (χ2v) is 6.80. The molecule has 0 fully saturated rings. The molecule has 0 spiro atoms. The number of carbonyl (C=O) groups is 2. The van der Waals surface area contributed by atoms with Gasteiger partial charge in [0.1, 0.15) is 17.2 Å². The summed E-state index contributed by atoms with van der Waals surface area (Å²) in [5.74, 6) is 1.41. The summed E-state index contributed by atoms with van der Waals surface area (Å²) < 4.78 is 26.9. The Morgan fingerprint density at radius 3 is 2.34 bits per heavy atom. The number of hydrogen-bond donors (Lipinski definition) is 0. The van der Waals surface area contributed by atoms with Gasteiger partial charge in [0, 0.05) is 11.6 Å². The van der Waals surface area contributed by atoms with Crippen molar-refractivity contribution in [2.75, 3.05) is 21.3 Å². The number of ketones is 1. The van der Waals surface area contributed by atoms with Crippen LogP contribution in [0.1, 0.15) is 26.3 Å². The third-order valence-electron chi connectivity index (χ3n) is 4.90. The molecule has 3 aromatic carbocycles. The lowest BCUT2D eigenvalue weighted by atomic mass is 10.1. The normalized spacial score (nSPS) is 13.3. The van der Waals surface area contributed by atoms with E-state index in [1.165, 1.54) is 26.4 Å². The van der Waals surface area contributed by atoms with Gasteiger partial charge < -0.3 is 23.7 Å². The van der Waals surface area contributed by atoms with E-state index < -0.39 is 5.97 Å². The largest absolute Gasteiger partial charge is 0.496 e. The van der Waals surface area contributed by atoms with E-state index in [-0.39, 0.29) is 22.9 Å². The van der Waals surface area contributed by atoms with Gasteiger partial charge in [0.15, 0.2) is 17.3 Å². The molecular weight excluding hydrogens is 412 g/mol. The molecule has 0 amide bonds. The van der Waals surface area contributed by atoms with Crippen molar-refractivity contribution >= 4 is 17.8 Å². The van der Waals surface area contributed by atoms with Crippen molar-refractivity contribution in [1.82, 2.24) is 0 Å². The molecule has 0 atom stereocenters. The number of methoxy groups -OCH3 is 3. The fourth-order valence-electron chi connectivity index (χ4n) is 3.29. The van der Waals surface area contributed by atoms with Crippen molar-refractivity contribution in [3.05, 3.63) is 83.1 Å². The SMILES string of the molecule is COc1ccccc1/C=C1\Oc2cc(OC(=O)c3ccc(OC)c(OC)c3)ccc2C1=O. The molecule has 0 aromatic heterocycles. The Kier molecular flexibility index (Phi) is 5.81. The maximum Gasteiger partial charge on any atom is 0.343 e. The highest BCUT2D eigenvalue weighted by Gasteiger charge is 2.28. The van der Waals surface area contributed by atoms with Crippen LogP contribution >= 0.6 is 0 Å². The van der Waals surface area contributed by atoms with E-state index in [2.05, 4.69) is 0 Å². The quantitative estimate of drug-likeness (QED) is 0.321. The van der Waals surface area contributed by atoms with E-state index in [0.717, 1.165) is 0 Å². The number of rotatable bonds is 6. The smallest absolute Gasteiger partial charge is 0.343 e. The maximum absolute atomic E-state index is 12.7. The second-order valence-electron chi connectivity index (χ2n) is 6.80. The molecule has 32 heavy (non-hydrogen) atoms. The highest BCUT2D eigenvalue weighted by atomic mass is 16.5. The van der Waals surface area contributed by atoms with Crippen LogP contribution in [0.25, 0.3) is 6.08 Å². The molecule has 0 saturated heterocycles. The summed E-state index contributed by atoms with van der Waals surface area (Å²) >= 11 is 0. The first-order chi connectivity index (χ1) is 15.5. The molecule has 0 saturated carbocycles. The molecule has 7 nitrogen and oxygen atoms in total.